The number of carboxylic acid groups (broad SMARTS) is 1. The lowest BCUT2D eigenvalue weighted by Gasteiger charge is -2.10. The van der Waals surface area contributed by atoms with Gasteiger partial charge in [-0.15, -0.1) is 0 Å². The fourth-order valence-electron chi connectivity index (χ4n) is 2.06. The molecule has 4 nitrogen and oxygen atoms in total. The quantitative estimate of drug-likeness (QED) is 0.685. The van der Waals surface area contributed by atoms with Gasteiger partial charge < -0.3 is 9.67 Å². The lowest BCUT2D eigenvalue weighted by molar-refractivity contribution is -0.138. The number of aliphatic carboxylic acids is 1. The molecule has 0 aliphatic carbocycles. The van der Waals surface area contributed by atoms with Crippen molar-refractivity contribution in [3.05, 3.63) is 18.2 Å². The third kappa shape index (κ3) is 4.51. The number of aromatic nitrogens is 2. The number of imidazole rings is 1. The van der Waals surface area contributed by atoms with Crippen molar-refractivity contribution < 1.29 is 9.90 Å². The maximum atomic E-state index is 10.9. The van der Waals surface area contributed by atoms with Crippen LogP contribution in [0.1, 0.15) is 64.1 Å². The van der Waals surface area contributed by atoms with Crippen molar-refractivity contribution in [1.29, 1.82) is 0 Å². The molecule has 1 unspecified atom stereocenters. The first-order valence-corrected chi connectivity index (χ1v) is 6.90. The summed E-state index contributed by atoms with van der Waals surface area (Å²) in [5, 5.41) is 8.99. The molecule has 0 aliphatic heterocycles. The van der Waals surface area contributed by atoms with Gasteiger partial charge in [-0.25, -0.2) is 4.98 Å². The Morgan fingerprint density at radius 1 is 1.33 bits per heavy atom. The number of carbonyl (C=O) groups is 1. The van der Waals surface area contributed by atoms with Gasteiger partial charge in [0, 0.05) is 18.9 Å². The second-order valence-electron chi connectivity index (χ2n) is 4.81. The van der Waals surface area contributed by atoms with Gasteiger partial charge in [0.25, 0.3) is 0 Å². The molecule has 4 heteroatoms. The number of hydrogen-bond acceptors (Lipinski definition) is 2. The average Bonchev–Trinajstić information content (AvgIpc) is 2.80. The van der Waals surface area contributed by atoms with Gasteiger partial charge in [0.1, 0.15) is 11.7 Å². The molecule has 0 amide bonds. The summed E-state index contributed by atoms with van der Waals surface area (Å²) in [5.41, 5.74) is 0. The van der Waals surface area contributed by atoms with Crippen molar-refractivity contribution in [2.75, 3.05) is 0 Å². The van der Waals surface area contributed by atoms with Crippen LogP contribution in [0.2, 0.25) is 0 Å². The summed E-state index contributed by atoms with van der Waals surface area (Å²) < 4.78 is 1.97. The van der Waals surface area contributed by atoms with E-state index in [1.807, 2.05) is 10.8 Å². The highest BCUT2D eigenvalue weighted by molar-refractivity contribution is 5.74. The van der Waals surface area contributed by atoms with Crippen LogP contribution >= 0.6 is 0 Å². The normalized spacial score (nSPS) is 12.6. The number of carboxylic acids is 1. The van der Waals surface area contributed by atoms with E-state index >= 15 is 0 Å². The highest BCUT2D eigenvalue weighted by Gasteiger charge is 2.18. The second-order valence-corrected chi connectivity index (χ2v) is 4.81. The Morgan fingerprint density at radius 2 is 2.00 bits per heavy atom. The van der Waals surface area contributed by atoms with Crippen LogP contribution in [0.15, 0.2) is 12.4 Å². The van der Waals surface area contributed by atoms with E-state index in [2.05, 4.69) is 11.9 Å². The summed E-state index contributed by atoms with van der Waals surface area (Å²) >= 11 is 0. The van der Waals surface area contributed by atoms with Crippen molar-refractivity contribution >= 4 is 5.97 Å². The van der Waals surface area contributed by atoms with Crippen molar-refractivity contribution in [2.45, 2.75) is 64.8 Å². The minimum Gasteiger partial charge on any atom is -0.481 e. The Morgan fingerprint density at radius 3 is 2.67 bits per heavy atom. The van der Waals surface area contributed by atoms with E-state index in [0.717, 1.165) is 13.0 Å². The first-order chi connectivity index (χ1) is 8.66. The summed E-state index contributed by atoms with van der Waals surface area (Å²) in [6.45, 7) is 4.77. The van der Waals surface area contributed by atoms with Crippen molar-refractivity contribution in [1.82, 2.24) is 9.55 Å². The largest absolute Gasteiger partial charge is 0.481 e. The molecule has 0 saturated heterocycles. The third-order valence-corrected chi connectivity index (χ3v) is 3.26. The molecule has 18 heavy (non-hydrogen) atoms. The molecular formula is C14H24N2O2. The van der Waals surface area contributed by atoms with Gasteiger partial charge in [0.15, 0.2) is 0 Å². The molecule has 102 valence electrons. The number of hydrogen-bond donors (Lipinski definition) is 1. The van der Waals surface area contributed by atoms with Crippen LogP contribution in [0.3, 0.4) is 0 Å². The summed E-state index contributed by atoms with van der Waals surface area (Å²) in [7, 11) is 0. The minimum absolute atomic E-state index is 0.528. The Bertz CT molecular complexity index is 360. The molecule has 1 aromatic rings. The summed E-state index contributed by atoms with van der Waals surface area (Å²) in [4.78, 5) is 15.1. The molecule has 0 aliphatic rings. The molecule has 1 atom stereocenters. The third-order valence-electron chi connectivity index (χ3n) is 3.26. The molecule has 1 N–H and O–H groups in total. The van der Waals surface area contributed by atoms with Gasteiger partial charge in [-0.1, -0.05) is 39.0 Å². The van der Waals surface area contributed by atoms with Crippen LogP contribution in [0.4, 0.5) is 0 Å². The number of nitrogens with zero attached hydrogens (tertiary/aromatic N) is 2. The molecule has 0 aromatic carbocycles. The van der Waals surface area contributed by atoms with Gasteiger partial charge in [-0.2, -0.15) is 0 Å². The van der Waals surface area contributed by atoms with E-state index in [0.29, 0.717) is 5.82 Å². The Hall–Kier alpha value is -1.32. The molecule has 1 aromatic heterocycles. The molecule has 0 radical (unpaired) electrons. The van der Waals surface area contributed by atoms with Gasteiger partial charge in [-0.05, 0) is 13.3 Å². The lowest BCUT2D eigenvalue weighted by atomic mass is 10.1. The second kappa shape index (κ2) is 7.90. The van der Waals surface area contributed by atoms with Crippen molar-refractivity contribution in [3.63, 3.8) is 0 Å². The maximum absolute atomic E-state index is 10.9. The lowest BCUT2D eigenvalue weighted by Crippen LogP contribution is -2.14. The van der Waals surface area contributed by atoms with Gasteiger partial charge in [0.2, 0.25) is 0 Å². The van der Waals surface area contributed by atoms with Crippen LogP contribution in [-0.4, -0.2) is 20.6 Å². The summed E-state index contributed by atoms with van der Waals surface area (Å²) in [6.07, 6.45) is 11.0. The first kappa shape index (κ1) is 14.7. The fourth-order valence-corrected chi connectivity index (χ4v) is 2.06. The maximum Gasteiger partial charge on any atom is 0.313 e. The number of rotatable bonds is 9. The Kier molecular flexibility index (Phi) is 6.47. The monoisotopic (exact) mass is 252 g/mol. The van der Waals surface area contributed by atoms with E-state index < -0.39 is 11.9 Å². The molecule has 0 fully saturated rings. The molecule has 0 bridgehead atoms. The van der Waals surface area contributed by atoms with Crippen molar-refractivity contribution in [3.8, 4) is 0 Å². The minimum atomic E-state index is -0.814. The van der Waals surface area contributed by atoms with Crippen LogP contribution in [-0.2, 0) is 11.3 Å². The van der Waals surface area contributed by atoms with E-state index in [4.69, 9.17) is 5.11 Å². The molecule has 0 saturated carbocycles. The number of aryl methyl sites for hydroxylation is 1. The smallest absolute Gasteiger partial charge is 0.313 e. The Balaban J connectivity index is 2.34. The van der Waals surface area contributed by atoms with Gasteiger partial charge >= 0.3 is 5.97 Å². The van der Waals surface area contributed by atoms with E-state index in [1.165, 1.54) is 32.1 Å². The average molecular weight is 252 g/mol. The predicted molar refractivity (Wildman–Crippen MR) is 71.7 cm³/mol. The zero-order valence-corrected chi connectivity index (χ0v) is 11.4. The van der Waals surface area contributed by atoms with Crippen molar-refractivity contribution in [2.24, 2.45) is 0 Å². The predicted octanol–water partition coefficient (Wildman–Crippen LogP) is 3.43. The first-order valence-electron chi connectivity index (χ1n) is 6.90. The molecule has 0 spiro atoms. The molecule has 1 heterocycles. The zero-order chi connectivity index (χ0) is 13.4. The number of unbranched alkanes of at least 4 members (excludes halogenated alkanes) is 5. The standard InChI is InChI=1S/C14H24N2O2/c1-3-4-5-6-7-8-10-16-11-9-15-13(16)12(2)14(17)18/h9,11-12H,3-8,10H2,1-2H3,(H,17,18). The molecular weight excluding hydrogens is 228 g/mol. The fraction of sp³-hybridized carbons (Fsp3) is 0.714. The van der Waals surface area contributed by atoms with Crippen LogP contribution in [0.5, 0.6) is 0 Å². The van der Waals surface area contributed by atoms with Gasteiger partial charge in [-0.3, -0.25) is 4.79 Å². The van der Waals surface area contributed by atoms with Crippen LogP contribution in [0, 0.1) is 0 Å². The highest BCUT2D eigenvalue weighted by Crippen LogP contribution is 2.14. The SMILES string of the molecule is CCCCCCCCn1ccnc1C(C)C(=O)O. The van der Waals surface area contributed by atoms with E-state index in [9.17, 15) is 4.79 Å². The zero-order valence-electron chi connectivity index (χ0n) is 11.4. The van der Waals surface area contributed by atoms with E-state index in [-0.39, 0.29) is 0 Å². The summed E-state index contributed by atoms with van der Waals surface area (Å²) in [5.74, 6) is -0.679. The molecule has 1 rings (SSSR count). The van der Waals surface area contributed by atoms with Crippen LogP contribution in [0.25, 0.3) is 0 Å². The van der Waals surface area contributed by atoms with E-state index in [1.54, 1.807) is 13.1 Å². The Labute approximate surface area is 109 Å². The van der Waals surface area contributed by atoms with Crippen LogP contribution < -0.4 is 0 Å². The topological polar surface area (TPSA) is 55.1 Å². The highest BCUT2D eigenvalue weighted by atomic mass is 16.4. The summed E-state index contributed by atoms with van der Waals surface area (Å²) in [6, 6.07) is 0. The van der Waals surface area contributed by atoms with Gasteiger partial charge in [0.05, 0.1) is 0 Å².